The minimum absolute atomic E-state index is 0.166. The van der Waals surface area contributed by atoms with Crippen LogP contribution in [0.25, 0.3) is 10.2 Å². The van der Waals surface area contributed by atoms with Gasteiger partial charge in [-0.05, 0) is 36.4 Å². The Kier molecular flexibility index (Phi) is 4.83. The van der Waals surface area contributed by atoms with E-state index in [1.807, 2.05) is 22.8 Å². The fourth-order valence-electron chi connectivity index (χ4n) is 2.85. The van der Waals surface area contributed by atoms with Crippen molar-refractivity contribution in [2.75, 3.05) is 27.6 Å². The lowest BCUT2D eigenvalue weighted by molar-refractivity contribution is 0.0997. The fraction of sp³-hybridized carbons (Fsp3) is 0.263. The first kappa shape index (κ1) is 17.6. The molecule has 3 aromatic rings. The summed E-state index contributed by atoms with van der Waals surface area (Å²) < 4.78 is 24.1. The molecular formula is C19H18N2O5S. The van der Waals surface area contributed by atoms with Crippen LogP contribution in [0.15, 0.2) is 41.4 Å². The van der Waals surface area contributed by atoms with E-state index in [-0.39, 0.29) is 12.7 Å². The van der Waals surface area contributed by atoms with Gasteiger partial charge in [0.1, 0.15) is 5.75 Å². The van der Waals surface area contributed by atoms with Crippen molar-refractivity contribution >= 4 is 27.5 Å². The van der Waals surface area contributed by atoms with Gasteiger partial charge in [0.15, 0.2) is 16.3 Å². The molecule has 0 bridgehead atoms. The van der Waals surface area contributed by atoms with Crippen LogP contribution in [0, 0.1) is 0 Å². The Hall–Kier alpha value is -2.84. The second-order valence-corrected chi connectivity index (χ2v) is 6.86. The molecule has 0 saturated carbocycles. The Morgan fingerprint density at radius 2 is 2.04 bits per heavy atom. The Bertz CT molecular complexity index is 1070. The van der Waals surface area contributed by atoms with Crippen molar-refractivity contribution in [3.05, 3.63) is 46.8 Å². The summed E-state index contributed by atoms with van der Waals surface area (Å²) in [7, 11) is 3.27. The third-order valence-electron chi connectivity index (χ3n) is 4.23. The van der Waals surface area contributed by atoms with E-state index in [1.54, 1.807) is 32.4 Å². The van der Waals surface area contributed by atoms with Gasteiger partial charge < -0.3 is 23.5 Å². The highest BCUT2D eigenvalue weighted by Crippen LogP contribution is 2.32. The number of aromatic nitrogens is 1. The highest BCUT2D eigenvalue weighted by atomic mass is 32.1. The van der Waals surface area contributed by atoms with Gasteiger partial charge in [-0.1, -0.05) is 11.3 Å². The van der Waals surface area contributed by atoms with Gasteiger partial charge in [-0.15, -0.1) is 0 Å². The molecule has 2 heterocycles. The summed E-state index contributed by atoms with van der Waals surface area (Å²) >= 11 is 1.44. The van der Waals surface area contributed by atoms with E-state index in [4.69, 9.17) is 18.9 Å². The van der Waals surface area contributed by atoms with Gasteiger partial charge in [0.2, 0.25) is 6.79 Å². The zero-order valence-corrected chi connectivity index (χ0v) is 15.7. The Labute approximate surface area is 159 Å². The molecule has 1 amide bonds. The predicted molar refractivity (Wildman–Crippen MR) is 101 cm³/mol. The number of benzene rings is 2. The van der Waals surface area contributed by atoms with Crippen molar-refractivity contribution < 1.29 is 23.7 Å². The molecule has 0 aliphatic carbocycles. The van der Waals surface area contributed by atoms with Crippen molar-refractivity contribution in [3.63, 3.8) is 0 Å². The number of fused-ring (bicyclic) bond motifs is 2. The number of amides is 1. The zero-order chi connectivity index (χ0) is 18.8. The summed E-state index contributed by atoms with van der Waals surface area (Å²) in [6.45, 7) is 1.28. The average Bonchev–Trinajstić information content (AvgIpc) is 3.29. The zero-order valence-electron chi connectivity index (χ0n) is 14.9. The van der Waals surface area contributed by atoms with Gasteiger partial charge in [0.05, 0.1) is 23.9 Å². The molecule has 7 nitrogen and oxygen atoms in total. The summed E-state index contributed by atoms with van der Waals surface area (Å²) in [5, 5.41) is 0. The van der Waals surface area contributed by atoms with E-state index < -0.39 is 0 Å². The molecule has 1 aliphatic heterocycles. The first-order valence-corrected chi connectivity index (χ1v) is 9.16. The van der Waals surface area contributed by atoms with E-state index in [2.05, 4.69) is 4.99 Å². The van der Waals surface area contributed by atoms with E-state index in [1.165, 1.54) is 11.3 Å². The van der Waals surface area contributed by atoms with E-state index in [0.29, 0.717) is 35.0 Å². The van der Waals surface area contributed by atoms with Crippen LogP contribution in [-0.4, -0.2) is 38.1 Å². The van der Waals surface area contributed by atoms with Gasteiger partial charge >= 0.3 is 0 Å². The number of carbonyl (C=O) groups excluding carboxylic acids is 1. The van der Waals surface area contributed by atoms with Crippen LogP contribution in [-0.2, 0) is 11.3 Å². The molecule has 0 N–H and O–H groups in total. The number of methoxy groups -OCH3 is 2. The van der Waals surface area contributed by atoms with Gasteiger partial charge in [-0.25, -0.2) is 0 Å². The molecular weight excluding hydrogens is 368 g/mol. The summed E-state index contributed by atoms with van der Waals surface area (Å²) in [4.78, 5) is 17.7. The lowest BCUT2D eigenvalue weighted by Gasteiger charge is -2.05. The third kappa shape index (κ3) is 3.41. The maximum atomic E-state index is 12.7. The smallest absolute Gasteiger partial charge is 0.279 e. The highest BCUT2D eigenvalue weighted by molar-refractivity contribution is 7.16. The predicted octanol–water partition coefficient (Wildman–Crippen LogP) is 2.83. The van der Waals surface area contributed by atoms with Crippen molar-refractivity contribution in [2.45, 2.75) is 6.54 Å². The molecule has 2 aromatic carbocycles. The largest absolute Gasteiger partial charge is 0.497 e. The summed E-state index contributed by atoms with van der Waals surface area (Å²) in [6.07, 6.45) is 0. The molecule has 0 radical (unpaired) electrons. The summed E-state index contributed by atoms with van der Waals surface area (Å²) in [5.41, 5.74) is 1.43. The van der Waals surface area contributed by atoms with Crippen molar-refractivity contribution in [1.29, 1.82) is 0 Å². The topological polar surface area (TPSA) is 71.3 Å². The van der Waals surface area contributed by atoms with Crippen molar-refractivity contribution in [1.82, 2.24) is 4.57 Å². The molecule has 0 saturated heterocycles. The van der Waals surface area contributed by atoms with Crippen LogP contribution in [0.2, 0.25) is 0 Å². The summed E-state index contributed by atoms with van der Waals surface area (Å²) in [6, 6.07) is 10.9. The number of hydrogen-bond acceptors (Lipinski definition) is 6. The number of rotatable bonds is 5. The van der Waals surface area contributed by atoms with Gasteiger partial charge in [0.25, 0.3) is 5.91 Å². The van der Waals surface area contributed by atoms with Crippen molar-refractivity contribution in [2.24, 2.45) is 4.99 Å². The van der Waals surface area contributed by atoms with E-state index >= 15 is 0 Å². The highest BCUT2D eigenvalue weighted by Gasteiger charge is 2.16. The van der Waals surface area contributed by atoms with Gasteiger partial charge in [0, 0.05) is 19.2 Å². The standard InChI is InChI=1S/C19H18N2O5S/c1-23-8-7-21-14-5-4-13(24-2)10-17(14)27-19(21)20-18(22)12-3-6-15-16(9-12)26-11-25-15/h3-6,9-10H,7-8,11H2,1-2H3. The van der Waals surface area contributed by atoms with Crippen LogP contribution in [0.1, 0.15) is 10.4 Å². The average molecular weight is 386 g/mol. The fourth-order valence-corrected chi connectivity index (χ4v) is 3.93. The summed E-state index contributed by atoms with van der Waals surface area (Å²) in [5.74, 6) is 1.62. The number of nitrogens with zero attached hydrogens (tertiary/aromatic N) is 2. The molecule has 4 rings (SSSR count). The molecule has 0 fully saturated rings. The monoisotopic (exact) mass is 386 g/mol. The first-order valence-electron chi connectivity index (χ1n) is 8.34. The Morgan fingerprint density at radius 3 is 2.85 bits per heavy atom. The molecule has 140 valence electrons. The molecule has 1 aromatic heterocycles. The number of hydrogen-bond donors (Lipinski definition) is 0. The van der Waals surface area contributed by atoms with Crippen LogP contribution in [0.4, 0.5) is 0 Å². The normalized spacial score (nSPS) is 13.3. The van der Waals surface area contributed by atoms with Gasteiger partial charge in [-0.2, -0.15) is 4.99 Å². The number of carbonyl (C=O) groups is 1. The van der Waals surface area contributed by atoms with Crippen LogP contribution < -0.4 is 19.0 Å². The first-order chi connectivity index (χ1) is 13.2. The maximum Gasteiger partial charge on any atom is 0.279 e. The quantitative estimate of drug-likeness (QED) is 0.674. The third-order valence-corrected chi connectivity index (χ3v) is 5.27. The number of thiazole rings is 1. The lowest BCUT2D eigenvalue weighted by Crippen LogP contribution is -2.19. The van der Waals surface area contributed by atoms with E-state index in [9.17, 15) is 4.79 Å². The van der Waals surface area contributed by atoms with Gasteiger partial charge in [-0.3, -0.25) is 4.79 Å². The Morgan fingerprint density at radius 1 is 1.19 bits per heavy atom. The second-order valence-electron chi connectivity index (χ2n) is 5.85. The minimum Gasteiger partial charge on any atom is -0.497 e. The second kappa shape index (κ2) is 7.42. The maximum absolute atomic E-state index is 12.7. The molecule has 8 heteroatoms. The van der Waals surface area contributed by atoms with Crippen molar-refractivity contribution in [3.8, 4) is 17.2 Å². The van der Waals surface area contributed by atoms with Crippen LogP contribution in [0.5, 0.6) is 17.2 Å². The minimum atomic E-state index is -0.335. The van der Waals surface area contributed by atoms with E-state index in [0.717, 1.165) is 16.0 Å². The SMILES string of the molecule is COCCn1c(=NC(=O)c2ccc3c(c2)OCO3)sc2cc(OC)ccc21. The van der Waals surface area contributed by atoms with Crippen LogP contribution >= 0.6 is 11.3 Å². The number of ether oxygens (including phenoxy) is 4. The lowest BCUT2D eigenvalue weighted by atomic mass is 10.2. The molecule has 0 spiro atoms. The molecule has 0 atom stereocenters. The van der Waals surface area contributed by atoms with Crippen LogP contribution in [0.3, 0.4) is 0 Å². The molecule has 0 unspecified atom stereocenters. The Balaban J connectivity index is 1.77. The molecule has 27 heavy (non-hydrogen) atoms. The molecule has 1 aliphatic rings.